The van der Waals surface area contributed by atoms with Crippen LogP contribution < -0.4 is 4.72 Å². The maximum Gasteiger partial charge on any atom is 0.146 e. The van der Waals surface area contributed by atoms with Crippen molar-refractivity contribution in [2.45, 2.75) is 69.4 Å². The van der Waals surface area contributed by atoms with Crippen LogP contribution in [-0.4, -0.2) is 51.7 Å². The van der Waals surface area contributed by atoms with Gasteiger partial charge in [0.1, 0.15) is 23.7 Å². The molecule has 0 radical (unpaired) electrons. The fourth-order valence-corrected chi connectivity index (χ4v) is 2.83. The molecule has 1 aliphatic rings. The van der Waals surface area contributed by atoms with Crippen molar-refractivity contribution >= 4 is 11.9 Å². The predicted molar refractivity (Wildman–Crippen MR) is 72.1 cm³/mol. The van der Waals surface area contributed by atoms with E-state index in [4.69, 9.17) is 4.74 Å². The molecule has 18 heavy (non-hydrogen) atoms. The Hall–Kier alpha value is 0.150. The topological polar surface area (TPSA) is 82.0 Å². The van der Waals surface area contributed by atoms with Gasteiger partial charge >= 0.3 is 0 Å². The van der Waals surface area contributed by atoms with Crippen molar-refractivity contribution in [1.82, 2.24) is 4.72 Å². The van der Waals surface area contributed by atoms with E-state index in [1.54, 1.807) is 6.92 Å². The van der Waals surface area contributed by atoms with Crippen molar-refractivity contribution < 1.29 is 20.1 Å². The summed E-state index contributed by atoms with van der Waals surface area (Å²) in [6, 6.07) is 0. The molecule has 0 aliphatic carbocycles. The minimum absolute atomic E-state index is 0.470. The maximum absolute atomic E-state index is 9.77. The van der Waals surface area contributed by atoms with Crippen molar-refractivity contribution in [3.63, 3.8) is 0 Å². The molecule has 0 aromatic rings. The van der Waals surface area contributed by atoms with E-state index in [-0.39, 0.29) is 0 Å². The van der Waals surface area contributed by atoms with Gasteiger partial charge in [-0.3, -0.25) is 4.72 Å². The number of unbranched alkanes of at least 4 members (excludes halogenated alkanes) is 3. The zero-order chi connectivity index (χ0) is 13.5. The summed E-state index contributed by atoms with van der Waals surface area (Å²) in [5.41, 5.74) is -0.537. The fourth-order valence-electron chi connectivity index (χ4n) is 1.88. The van der Waals surface area contributed by atoms with E-state index in [9.17, 15) is 15.3 Å². The van der Waals surface area contributed by atoms with Crippen molar-refractivity contribution in [2.24, 2.45) is 0 Å². The van der Waals surface area contributed by atoms with Gasteiger partial charge in [-0.2, -0.15) is 0 Å². The first-order chi connectivity index (χ1) is 8.57. The minimum atomic E-state index is -1.15. The quantitative estimate of drug-likeness (QED) is 0.404. The zero-order valence-corrected chi connectivity index (χ0v) is 11.9. The Morgan fingerprint density at radius 3 is 2.44 bits per heavy atom. The van der Waals surface area contributed by atoms with Gasteiger partial charge in [0.25, 0.3) is 0 Å². The van der Waals surface area contributed by atoms with E-state index >= 15 is 0 Å². The van der Waals surface area contributed by atoms with Crippen molar-refractivity contribution in [3.05, 3.63) is 0 Å². The second-order valence-corrected chi connectivity index (χ2v) is 5.74. The maximum atomic E-state index is 9.77. The second kappa shape index (κ2) is 8.35. The van der Waals surface area contributed by atoms with Gasteiger partial charge in [0.15, 0.2) is 0 Å². The summed E-state index contributed by atoms with van der Waals surface area (Å²) in [6.45, 7) is 4.71. The van der Waals surface area contributed by atoms with Gasteiger partial charge in [0, 0.05) is 6.54 Å². The Balaban J connectivity index is 2.21. The molecule has 6 heteroatoms. The lowest BCUT2D eigenvalue weighted by atomic mass is 10.0. The lowest BCUT2D eigenvalue weighted by Crippen LogP contribution is -2.56. The molecule has 0 aromatic heterocycles. The van der Waals surface area contributed by atoms with E-state index < -0.39 is 29.9 Å². The summed E-state index contributed by atoms with van der Waals surface area (Å²) < 4.78 is 8.59. The highest BCUT2D eigenvalue weighted by Crippen LogP contribution is 2.26. The molecule has 1 fully saturated rings. The molecule has 1 aliphatic heterocycles. The zero-order valence-electron chi connectivity index (χ0n) is 11.1. The summed E-state index contributed by atoms with van der Waals surface area (Å²) in [5.74, 6) is 0. The van der Waals surface area contributed by atoms with Crippen LogP contribution in [0.3, 0.4) is 0 Å². The van der Waals surface area contributed by atoms with E-state index in [1.165, 1.54) is 31.2 Å². The van der Waals surface area contributed by atoms with Crippen LogP contribution in [-0.2, 0) is 4.74 Å². The number of ether oxygens (including phenoxy) is 1. The third kappa shape index (κ3) is 4.68. The number of nitrogens with one attached hydrogen (secondary N) is 1. The van der Waals surface area contributed by atoms with Crippen LogP contribution in [0.1, 0.15) is 39.5 Å². The van der Waals surface area contributed by atoms with Gasteiger partial charge in [0.05, 0.1) is 6.10 Å². The van der Waals surface area contributed by atoms with Gasteiger partial charge in [-0.05, 0) is 25.3 Å². The van der Waals surface area contributed by atoms with E-state index in [0.29, 0.717) is 0 Å². The highest BCUT2D eigenvalue weighted by molar-refractivity contribution is 7.97. The van der Waals surface area contributed by atoms with Crippen LogP contribution >= 0.6 is 11.9 Å². The molecule has 108 valence electrons. The third-order valence-electron chi connectivity index (χ3n) is 3.14. The fraction of sp³-hybridized carbons (Fsp3) is 1.00. The molecular formula is C12H25NO4S. The molecule has 0 amide bonds. The number of hydrogen-bond donors (Lipinski definition) is 4. The van der Waals surface area contributed by atoms with Gasteiger partial charge in [-0.15, -0.1) is 0 Å². The molecule has 1 heterocycles. The number of hydrogen-bond acceptors (Lipinski definition) is 6. The van der Waals surface area contributed by atoms with Crippen LogP contribution in [0.4, 0.5) is 0 Å². The first kappa shape index (κ1) is 16.2. The van der Waals surface area contributed by atoms with Gasteiger partial charge < -0.3 is 20.1 Å². The first-order valence-electron chi connectivity index (χ1n) is 6.66. The number of rotatable bonds is 7. The highest BCUT2D eigenvalue weighted by Gasteiger charge is 2.41. The monoisotopic (exact) mass is 279 g/mol. The normalized spacial score (nSPS) is 36.8. The Morgan fingerprint density at radius 2 is 1.78 bits per heavy atom. The van der Waals surface area contributed by atoms with Crippen molar-refractivity contribution in [1.29, 1.82) is 0 Å². The van der Waals surface area contributed by atoms with Gasteiger partial charge in [-0.25, -0.2) is 0 Å². The number of aliphatic hydroxyl groups is 3. The Labute approximate surface area is 113 Å². The van der Waals surface area contributed by atoms with Gasteiger partial charge in [0.2, 0.25) is 0 Å². The lowest BCUT2D eigenvalue weighted by Gasteiger charge is -2.38. The van der Waals surface area contributed by atoms with Crippen LogP contribution in [0, 0.1) is 0 Å². The molecule has 0 saturated carbocycles. The molecule has 1 saturated heterocycles. The van der Waals surface area contributed by atoms with Crippen LogP contribution in [0.15, 0.2) is 0 Å². The minimum Gasteiger partial charge on any atom is -0.388 e. The van der Waals surface area contributed by atoms with E-state index in [2.05, 4.69) is 11.6 Å². The summed E-state index contributed by atoms with van der Waals surface area (Å²) in [4.78, 5) is 0. The lowest BCUT2D eigenvalue weighted by molar-refractivity contribution is -0.192. The molecular weight excluding hydrogens is 254 g/mol. The van der Waals surface area contributed by atoms with E-state index in [1.807, 2.05) is 0 Å². The third-order valence-corrected chi connectivity index (χ3v) is 4.13. The van der Waals surface area contributed by atoms with Crippen molar-refractivity contribution in [2.75, 3.05) is 6.54 Å². The van der Waals surface area contributed by atoms with Crippen LogP contribution in [0.25, 0.3) is 0 Å². The molecule has 5 nitrogen and oxygen atoms in total. The highest BCUT2D eigenvalue weighted by atomic mass is 32.2. The van der Waals surface area contributed by atoms with E-state index in [0.717, 1.165) is 13.0 Å². The molecule has 0 unspecified atom stereocenters. The number of aliphatic hydroxyl groups excluding tert-OH is 3. The molecule has 5 atom stereocenters. The Morgan fingerprint density at radius 1 is 1.06 bits per heavy atom. The summed E-state index contributed by atoms with van der Waals surface area (Å²) in [7, 11) is 0. The standard InChI is InChI=1S/C12H25NO4S/c1-3-4-5-6-7-13-18-12-11(16)10(15)9(14)8(2)17-12/h8-16H,3-7H2,1-2H3/t8-,9+,10+,11-,12+/m1/s1. The van der Waals surface area contributed by atoms with Crippen LogP contribution in [0.2, 0.25) is 0 Å². The molecule has 0 spiro atoms. The van der Waals surface area contributed by atoms with Crippen molar-refractivity contribution in [3.8, 4) is 0 Å². The second-order valence-electron chi connectivity index (χ2n) is 4.75. The first-order valence-corrected chi connectivity index (χ1v) is 7.54. The summed E-state index contributed by atoms with van der Waals surface area (Å²) in [6.07, 6.45) is 1.01. The largest absolute Gasteiger partial charge is 0.388 e. The average Bonchev–Trinajstić information content (AvgIpc) is 2.37. The smallest absolute Gasteiger partial charge is 0.146 e. The SMILES string of the molecule is CCCCCCNS[C@@H]1O[C@H](C)[C@H](O)[C@H](O)[C@H]1O. The summed E-state index contributed by atoms with van der Waals surface area (Å²) >= 11 is 1.28. The molecule has 0 aromatic carbocycles. The molecule has 1 rings (SSSR count). The van der Waals surface area contributed by atoms with Crippen LogP contribution in [0.5, 0.6) is 0 Å². The summed E-state index contributed by atoms with van der Waals surface area (Å²) in [5, 5.41) is 28.9. The van der Waals surface area contributed by atoms with Gasteiger partial charge in [-0.1, -0.05) is 26.2 Å². The molecule has 4 N–H and O–H groups in total. The molecule has 0 bridgehead atoms. The predicted octanol–water partition coefficient (Wildman–Crippen LogP) is 0.632. The average molecular weight is 279 g/mol. The Bertz CT molecular complexity index is 232. The Kier molecular flexibility index (Phi) is 7.51.